The van der Waals surface area contributed by atoms with Gasteiger partial charge < -0.3 is 5.73 Å². The zero-order valence-electron chi connectivity index (χ0n) is 5.69. The number of hydrogen-bond acceptors (Lipinski definition) is 1. The van der Waals surface area contributed by atoms with Gasteiger partial charge >= 0.3 is 0 Å². The quantitative estimate of drug-likeness (QED) is 0.407. The van der Waals surface area contributed by atoms with E-state index in [1.165, 1.54) is 12.1 Å². The molecule has 0 fully saturated rings. The number of aryl methyl sites for hydroxylation is 1. The number of hydrogen-bond donors (Lipinski definition) is 1. The Morgan fingerprint density at radius 3 is 2.60 bits per heavy atom. The summed E-state index contributed by atoms with van der Waals surface area (Å²) in [6.45, 7) is 1.72. The SMILES string of the molecule is [B]c1cc(F)cc(C)c1N. The monoisotopic (exact) mass is 135 g/mol. The summed E-state index contributed by atoms with van der Waals surface area (Å²) >= 11 is 0. The molecule has 50 valence electrons. The molecule has 0 saturated heterocycles. The van der Waals surface area contributed by atoms with Gasteiger partial charge in [0.05, 0.1) is 0 Å². The number of rotatable bonds is 0. The number of anilines is 1. The maximum atomic E-state index is 12.5. The van der Waals surface area contributed by atoms with Crippen LogP contribution in [0, 0.1) is 12.7 Å². The number of benzene rings is 1. The normalized spacial score (nSPS) is 9.80. The van der Waals surface area contributed by atoms with E-state index in [0.29, 0.717) is 16.7 Å². The molecule has 0 amide bonds. The van der Waals surface area contributed by atoms with E-state index in [4.69, 9.17) is 13.6 Å². The standard InChI is InChI=1S/C7H7BFN/c1-4-2-5(9)3-6(8)7(4)10/h2-3H,10H2,1H3. The van der Waals surface area contributed by atoms with Crippen LogP contribution in [0.15, 0.2) is 12.1 Å². The minimum atomic E-state index is -0.343. The van der Waals surface area contributed by atoms with Gasteiger partial charge in [-0.05, 0) is 24.6 Å². The molecule has 0 heterocycles. The molecule has 0 saturated carbocycles. The minimum Gasteiger partial charge on any atom is -0.399 e. The number of nitrogen functional groups attached to an aromatic ring is 1. The van der Waals surface area contributed by atoms with Gasteiger partial charge in [-0.15, -0.1) is 0 Å². The molecule has 0 aliphatic carbocycles. The van der Waals surface area contributed by atoms with Gasteiger partial charge in [-0.2, -0.15) is 0 Å². The molecule has 3 heteroatoms. The van der Waals surface area contributed by atoms with E-state index < -0.39 is 0 Å². The summed E-state index contributed by atoms with van der Waals surface area (Å²) in [4.78, 5) is 0. The third-order valence-electron chi connectivity index (χ3n) is 1.38. The molecule has 2 N–H and O–H groups in total. The van der Waals surface area contributed by atoms with Crippen molar-refractivity contribution in [2.24, 2.45) is 0 Å². The van der Waals surface area contributed by atoms with E-state index in [0.717, 1.165) is 0 Å². The van der Waals surface area contributed by atoms with Crippen molar-refractivity contribution in [3.8, 4) is 0 Å². The molecule has 0 atom stereocenters. The molecule has 0 aliphatic heterocycles. The fraction of sp³-hybridized carbons (Fsp3) is 0.143. The summed E-state index contributed by atoms with van der Waals surface area (Å²) in [6.07, 6.45) is 0. The van der Waals surface area contributed by atoms with Gasteiger partial charge in [0.2, 0.25) is 0 Å². The van der Waals surface area contributed by atoms with Gasteiger partial charge in [0.1, 0.15) is 13.7 Å². The van der Waals surface area contributed by atoms with Crippen molar-refractivity contribution in [3.05, 3.63) is 23.5 Å². The Kier molecular flexibility index (Phi) is 1.66. The first kappa shape index (κ1) is 7.13. The average Bonchev–Trinajstić information content (AvgIpc) is 1.82. The first-order chi connectivity index (χ1) is 4.61. The van der Waals surface area contributed by atoms with Crippen molar-refractivity contribution in [1.29, 1.82) is 0 Å². The number of halogens is 1. The Bertz CT molecular complexity index is 237. The Hall–Kier alpha value is -0.985. The van der Waals surface area contributed by atoms with E-state index in [1.807, 2.05) is 0 Å². The summed E-state index contributed by atoms with van der Waals surface area (Å²) in [6, 6.07) is 2.56. The van der Waals surface area contributed by atoms with Crippen molar-refractivity contribution < 1.29 is 4.39 Å². The predicted molar refractivity (Wildman–Crippen MR) is 40.9 cm³/mol. The summed E-state index contributed by atoms with van der Waals surface area (Å²) in [5, 5.41) is 0. The van der Waals surface area contributed by atoms with Crippen LogP contribution < -0.4 is 11.2 Å². The smallest absolute Gasteiger partial charge is 0.123 e. The second-order valence-corrected chi connectivity index (χ2v) is 2.23. The Morgan fingerprint density at radius 2 is 2.10 bits per heavy atom. The van der Waals surface area contributed by atoms with Crippen molar-refractivity contribution in [3.63, 3.8) is 0 Å². The Balaban J connectivity index is 3.31. The highest BCUT2D eigenvalue weighted by atomic mass is 19.1. The summed E-state index contributed by atoms with van der Waals surface area (Å²) in [7, 11) is 5.36. The van der Waals surface area contributed by atoms with Crippen LogP contribution in [0.3, 0.4) is 0 Å². The highest BCUT2D eigenvalue weighted by Gasteiger charge is 1.98. The average molecular weight is 135 g/mol. The second kappa shape index (κ2) is 2.33. The molecule has 2 radical (unpaired) electrons. The summed E-state index contributed by atoms with van der Waals surface area (Å²) in [5.41, 5.74) is 6.90. The lowest BCUT2D eigenvalue weighted by atomic mass is 9.92. The van der Waals surface area contributed by atoms with Crippen LogP contribution in [0.1, 0.15) is 5.56 Å². The van der Waals surface area contributed by atoms with Crippen molar-refractivity contribution >= 4 is 19.0 Å². The van der Waals surface area contributed by atoms with Gasteiger partial charge in [-0.3, -0.25) is 0 Å². The van der Waals surface area contributed by atoms with E-state index in [9.17, 15) is 4.39 Å². The number of nitrogens with two attached hydrogens (primary N) is 1. The first-order valence-electron chi connectivity index (χ1n) is 2.92. The molecule has 1 aromatic rings. The second-order valence-electron chi connectivity index (χ2n) is 2.23. The molecule has 0 unspecified atom stereocenters. The van der Waals surface area contributed by atoms with Crippen LogP contribution in [0.2, 0.25) is 0 Å². The van der Waals surface area contributed by atoms with E-state index in [1.54, 1.807) is 6.92 Å². The van der Waals surface area contributed by atoms with Crippen molar-refractivity contribution in [2.75, 3.05) is 5.73 Å². The van der Waals surface area contributed by atoms with Gasteiger partial charge in [0.15, 0.2) is 0 Å². The third-order valence-corrected chi connectivity index (χ3v) is 1.38. The van der Waals surface area contributed by atoms with Crippen LogP contribution in [-0.4, -0.2) is 7.85 Å². The van der Waals surface area contributed by atoms with E-state index in [-0.39, 0.29) is 5.82 Å². The predicted octanol–water partition coefficient (Wildman–Crippen LogP) is 0.510. The fourth-order valence-corrected chi connectivity index (χ4v) is 0.780. The maximum absolute atomic E-state index is 12.5. The molecular weight excluding hydrogens is 128 g/mol. The largest absolute Gasteiger partial charge is 0.399 e. The topological polar surface area (TPSA) is 26.0 Å². The lowest BCUT2D eigenvalue weighted by Gasteiger charge is -2.03. The molecule has 0 aliphatic rings. The minimum absolute atomic E-state index is 0.303. The third kappa shape index (κ3) is 1.13. The van der Waals surface area contributed by atoms with Gasteiger partial charge in [-0.1, -0.05) is 5.46 Å². The highest BCUT2D eigenvalue weighted by Crippen LogP contribution is 2.07. The van der Waals surface area contributed by atoms with Gasteiger partial charge in [0.25, 0.3) is 0 Å². The lowest BCUT2D eigenvalue weighted by molar-refractivity contribution is 0.628. The van der Waals surface area contributed by atoms with E-state index in [2.05, 4.69) is 0 Å². The molecule has 10 heavy (non-hydrogen) atoms. The van der Waals surface area contributed by atoms with Crippen LogP contribution >= 0.6 is 0 Å². The maximum Gasteiger partial charge on any atom is 0.123 e. The van der Waals surface area contributed by atoms with Crippen molar-refractivity contribution in [1.82, 2.24) is 0 Å². The van der Waals surface area contributed by atoms with Crippen LogP contribution in [0.5, 0.6) is 0 Å². The summed E-state index contributed by atoms with van der Waals surface area (Å²) in [5.74, 6) is -0.343. The molecule has 0 bridgehead atoms. The summed E-state index contributed by atoms with van der Waals surface area (Å²) < 4.78 is 12.5. The lowest BCUT2D eigenvalue weighted by Crippen LogP contribution is -2.11. The molecular formula is C7H7BFN. The molecule has 1 aromatic carbocycles. The van der Waals surface area contributed by atoms with Crippen LogP contribution in [-0.2, 0) is 0 Å². The molecule has 0 spiro atoms. The van der Waals surface area contributed by atoms with Crippen LogP contribution in [0.4, 0.5) is 10.1 Å². The molecule has 1 nitrogen and oxygen atoms in total. The zero-order chi connectivity index (χ0) is 7.72. The highest BCUT2D eigenvalue weighted by molar-refractivity contribution is 6.35. The molecule has 1 rings (SSSR count). The zero-order valence-corrected chi connectivity index (χ0v) is 5.69. The Morgan fingerprint density at radius 1 is 1.50 bits per heavy atom. The van der Waals surface area contributed by atoms with Gasteiger partial charge in [0, 0.05) is 5.69 Å². The molecule has 0 aromatic heterocycles. The van der Waals surface area contributed by atoms with Gasteiger partial charge in [-0.25, -0.2) is 4.39 Å². The van der Waals surface area contributed by atoms with Crippen LogP contribution in [0.25, 0.3) is 0 Å². The van der Waals surface area contributed by atoms with E-state index >= 15 is 0 Å². The Labute approximate surface area is 60.5 Å². The fourth-order valence-electron chi connectivity index (χ4n) is 0.780. The van der Waals surface area contributed by atoms with Crippen molar-refractivity contribution in [2.45, 2.75) is 6.92 Å². The first-order valence-corrected chi connectivity index (χ1v) is 2.92.